The summed E-state index contributed by atoms with van der Waals surface area (Å²) < 4.78 is 8.41. The van der Waals surface area contributed by atoms with Crippen molar-refractivity contribution in [1.82, 2.24) is 0 Å². The maximum Gasteiger partial charge on any atom is 0.211 e. The zero-order chi connectivity index (χ0) is 11.1. The number of rotatable bonds is 0. The molecule has 0 N–H and O–H groups in total. The monoisotopic (exact) mass is 451 g/mol. The molecule has 0 saturated carbocycles. The van der Waals surface area contributed by atoms with Gasteiger partial charge in [-0.05, 0) is 43.6 Å². The molecule has 3 aliphatic heterocycles. The largest absolute Gasteiger partial charge is 0.211 e. The molecular formula is C8H5Br2S6+. The Morgan fingerprint density at radius 1 is 0.875 bits per heavy atom. The molecule has 3 rings (SSSR count). The quantitative estimate of drug-likeness (QED) is 0.341. The summed E-state index contributed by atoms with van der Waals surface area (Å²) in [6.07, 6.45) is 0. The Morgan fingerprint density at radius 2 is 1.56 bits per heavy atom. The number of thiol groups is 1. The molecule has 0 unspecified atom stereocenters. The highest BCUT2D eigenvalue weighted by molar-refractivity contribution is 9.17. The second-order valence-corrected chi connectivity index (χ2v) is 13.0. The van der Waals surface area contributed by atoms with Gasteiger partial charge < -0.3 is 0 Å². The van der Waals surface area contributed by atoms with Crippen LogP contribution in [0.1, 0.15) is 0 Å². The molecule has 0 aromatic carbocycles. The maximum absolute atomic E-state index is 3.57. The van der Waals surface area contributed by atoms with Crippen molar-refractivity contribution >= 4 is 102 Å². The van der Waals surface area contributed by atoms with Crippen LogP contribution in [0.25, 0.3) is 0 Å². The van der Waals surface area contributed by atoms with Crippen LogP contribution >= 0.6 is 90.7 Å². The van der Waals surface area contributed by atoms with E-state index in [2.05, 4.69) is 31.9 Å². The average Bonchev–Trinajstić information content (AvgIpc) is 2.83. The van der Waals surface area contributed by atoms with Crippen molar-refractivity contribution in [1.29, 1.82) is 0 Å². The summed E-state index contributed by atoms with van der Waals surface area (Å²) in [6.45, 7) is 0. The van der Waals surface area contributed by atoms with E-state index >= 15 is 0 Å². The first-order chi connectivity index (χ1) is 7.74. The molecule has 0 atom stereocenters. The summed E-state index contributed by atoms with van der Waals surface area (Å²) in [7, 11) is 0. The minimum atomic E-state index is 1.20. The second kappa shape index (κ2) is 5.73. The van der Waals surface area contributed by atoms with Crippen molar-refractivity contribution in [2.75, 3.05) is 11.5 Å². The molecule has 0 aliphatic carbocycles. The van der Waals surface area contributed by atoms with E-state index in [4.69, 9.17) is 0 Å². The highest BCUT2D eigenvalue weighted by Crippen LogP contribution is 2.64. The standard InChI is InChI=1S/C8H4Br2S6/c9-3-4(10)14-7(13-3)8-15-5-6(16-8)12-2-1-11-5/h1-2H2/p+1. The van der Waals surface area contributed by atoms with Crippen LogP contribution in [0.5, 0.6) is 0 Å². The first kappa shape index (κ1) is 13.3. The van der Waals surface area contributed by atoms with Gasteiger partial charge in [-0.15, -0.1) is 11.8 Å². The first-order valence-corrected chi connectivity index (χ1v) is 11.2. The van der Waals surface area contributed by atoms with Crippen molar-refractivity contribution in [3.05, 3.63) is 24.6 Å². The zero-order valence-electron chi connectivity index (χ0n) is 7.66. The third-order valence-corrected chi connectivity index (χ3v) is 13.4. The van der Waals surface area contributed by atoms with Gasteiger partial charge in [0.25, 0.3) is 0 Å². The topological polar surface area (TPSA) is 0 Å². The van der Waals surface area contributed by atoms with E-state index in [-0.39, 0.29) is 0 Å². The summed E-state index contributed by atoms with van der Waals surface area (Å²) in [4.78, 5) is 0. The number of halogens is 2. The molecule has 0 aromatic rings. The van der Waals surface area contributed by atoms with Gasteiger partial charge >= 0.3 is 0 Å². The van der Waals surface area contributed by atoms with Crippen LogP contribution in [0.4, 0.5) is 0 Å². The molecule has 0 aromatic heterocycles. The smallest absolute Gasteiger partial charge is 0.108 e. The third kappa shape index (κ3) is 2.73. The van der Waals surface area contributed by atoms with Crippen LogP contribution in [0.3, 0.4) is 0 Å². The summed E-state index contributed by atoms with van der Waals surface area (Å²) in [5.41, 5.74) is 0. The predicted molar refractivity (Wildman–Crippen MR) is 95.4 cm³/mol. The summed E-state index contributed by atoms with van der Waals surface area (Å²) in [5, 5.41) is 0. The fourth-order valence-corrected chi connectivity index (χ4v) is 11.7. The van der Waals surface area contributed by atoms with Gasteiger partial charge in [0.15, 0.2) is 0 Å². The van der Waals surface area contributed by atoms with E-state index in [1.54, 1.807) is 8.47 Å². The molecule has 0 bridgehead atoms. The van der Waals surface area contributed by atoms with E-state index in [9.17, 15) is 0 Å². The van der Waals surface area contributed by atoms with Crippen molar-refractivity contribution in [3.8, 4) is 0 Å². The molecule has 16 heavy (non-hydrogen) atoms. The van der Waals surface area contributed by atoms with Gasteiger partial charge in [0.2, 0.25) is 4.24 Å². The lowest BCUT2D eigenvalue weighted by Crippen LogP contribution is -1.98. The number of hydrogen-bond donors (Lipinski definition) is 0. The fourth-order valence-electron chi connectivity index (χ4n) is 1.18. The van der Waals surface area contributed by atoms with E-state index in [0.29, 0.717) is 0 Å². The summed E-state index contributed by atoms with van der Waals surface area (Å²) in [6, 6.07) is 0. The van der Waals surface area contributed by atoms with Gasteiger partial charge in [0.05, 0.1) is 16.1 Å². The van der Waals surface area contributed by atoms with Gasteiger partial charge in [-0.25, -0.2) is 0 Å². The minimum absolute atomic E-state index is 1.20. The Morgan fingerprint density at radius 3 is 2.25 bits per heavy atom. The van der Waals surface area contributed by atoms with Crippen LogP contribution in [-0.2, 0) is 11.8 Å². The number of thioether (sulfide) groups is 5. The van der Waals surface area contributed by atoms with Gasteiger partial charge in [-0.3, -0.25) is 0 Å². The summed E-state index contributed by atoms with van der Waals surface area (Å²) >= 11 is 18.3. The van der Waals surface area contributed by atoms with E-state index in [0.717, 1.165) is 0 Å². The second-order valence-electron chi connectivity index (χ2n) is 2.85. The van der Waals surface area contributed by atoms with Crippen molar-refractivity contribution < 1.29 is 0 Å². The first-order valence-electron chi connectivity index (χ1n) is 4.29. The Balaban J connectivity index is 1.79. The van der Waals surface area contributed by atoms with Crippen LogP contribution in [0.15, 0.2) is 24.6 Å². The lowest BCUT2D eigenvalue weighted by molar-refractivity contribution is 1.55. The molecule has 8 heteroatoms. The normalized spacial score (nSPS) is 25.9. The average molecular weight is 453 g/mol. The predicted octanol–water partition coefficient (Wildman–Crippen LogP) is 5.68. The minimum Gasteiger partial charge on any atom is -0.108 e. The van der Waals surface area contributed by atoms with Crippen LogP contribution in [0.2, 0.25) is 0 Å². The van der Waals surface area contributed by atoms with Gasteiger partial charge in [0, 0.05) is 17.5 Å². The van der Waals surface area contributed by atoms with Crippen LogP contribution in [0, 0.1) is 0 Å². The molecule has 3 aliphatic rings. The van der Waals surface area contributed by atoms with E-state index < -0.39 is 0 Å². The lowest BCUT2D eigenvalue weighted by atomic mass is 11.0. The molecule has 0 radical (unpaired) electrons. The molecular weight excluding hydrogens is 448 g/mol. The maximum atomic E-state index is 3.57. The van der Waals surface area contributed by atoms with Crippen molar-refractivity contribution in [3.63, 3.8) is 0 Å². The van der Waals surface area contributed by atoms with Crippen molar-refractivity contribution in [2.45, 2.75) is 0 Å². The molecule has 0 nitrogen and oxygen atoms in total. The molecule has 3 heterocycles. The molecule has 0 saturated heterocycles. The molecule has 0 amide bonds. The third-order valence-electron chi connectivity index (χ3n) is 1.82. The number of hydrogen-bond acceptors (Lipinski definition) is 5. The van der Waals surface area contributed by atoms with E-state index in [1.807, 2.05) is 58.8 Å². The Labute approximate surface area is 137 Å². The van der Waals surface area contributed by atoms with Gasteiger partial charge in [0.1, 0.15) is 9.99 Å². The van der Waals surface area contributed by atoms with E-state index in [1.165, 1.54) is 39.4 Å². The molecule has 0 fully saturated rings. The Kier molecular flexibility index (Phi) is 4.75. The van der Waals surface area contributed by atoms with Gasteiger partial charge in [-0.1, -0.05) is 35.3 Å². The molecule has 86 valence electrons. The molecule has 0 spiro atoms. The zero-order valence-corrected chi connectivity index (χ0v) is 15.8. The lowest BCUT2D eigenvalue weighted by Gasteiger charge is -2.02. The van der Waals surface area contributed by atoms with Crippen LogP contribution < -0.4 is 0 Å². The highest BCUT2D eigenvalue weighted by atomic mass is 79.9. The Hall–Kier alpha value is 2.28. The Bertz CT molecular complexity index is 402. The van der Waals surface area contributed by atoms with Crippen LogP contribution in [-0.4, -0.2) is 11.5 Å². The SMILES string of the molecule is BrC1=C(Br)SC(=C2SC3=C(S2)[SH+]CCS3)S1. The highest BCUT2D eigenvalue weighted by Gasteiger charge is 2.34. The summed E-state index contributed by atoms with van der Waals surface area (Å²) in [5.74, 6) is 2.59. The fraction of sp³-hybridized carbons (Fsp3) is 0.250. The van der Waals surface area contributed by atoms with Gasteiger partial charge in [-0.2, -0.15) is 0 Å². The van der Waals surface area contributed by atoms with Crippen molar-refractivity contribution in [2.24, 2.45) is 0 Å².